The second-order valence-electron chi connectivity index (χ2n) is 3.18. The molecule has 1 aromatic carbocycles. The van der Waals surface area contributed by atoms with Crippen molar-refractivity contribution < 1.29 is 13.9 Å². The fourth-order valence-electron chi connectivity index (χ4n) is 1.40. The average Bonchev–Trinajstić information content (AvgIpc) is 2.54. The first-order chi connectivity index (χ1) is 7.61. The minimum absolute atomic E-state index is 0.158. The Morgan fingerprint density at radius 2 is 2.31 bits per heavy atom. The minimum atomic E-state index is -0.584. The largest absolute Gasteiger partial charge is 0.468 e. The van der Waals surface area contributed by atoms with Crippen LogP contribution in [0.1, 0.15) is 0 Å². The minimum Gasteiger partial charge on any atom is -0.468 e. The van der Waals surface area contributed by atoms with Gasteiger partial charge in [0.05, 0.1) is 12.6 Å². The summed E-state index contributed by atoms with van der Waals surface area (Å²) >= 11 is 4.13. The maximum Gasteiger partial charge on any atom is 0.420 e. The van der Waals surface area contributed by atoms with Crippen LogP contribution in [0.5, 0.6) is 0 Å². The van der Waals surface area contributed by atoms with Gasteiger partial charge < -0.3 is 9.15 Å². The van der Waals surface area contributed by atoms with E-state index in [1.165, 1.54) is 11.7 Å². The number of ether oxygens (including phenoxy) is 1. The Labute approximate surface area is 96.0 Å². The van der Waals surface area contributed by atoms with Crippen LogP contribution >= 0.6 is 12.6 Å². The molecule has 0 saturated carbocycles. The molecule has 0 bridgehead atoms. The Kier molecular flexibility index (Phi) is 2.74. The molecule has 16 heavy (non-hydrogen) atoms. The van der Waals surface area contributed by atoms with Crippen molar-refractivity contribution >= 4 is 29.7 Å². The van der Waals surface area contributed by atoms with E-state index < -0.39 is 11.7 Å². The fraction of sp³-hybridized carbons (Fsp3) is 0.200. The van der Waals surface area contributed by atoms with Gasteiger partial charge in [-0.3, -0.25) is 9.36 Å². The lowest BCUT2D eigenvalue weighted by molar-refractivity contribution is -0.141. The van der Waals surface area contributed by atoms with Crippen LogP contribution in [-0.2, 0) is 16.1 Å². The summed E-state index contributed by atoms with van der Waals surface area (Å²) < 4.78 is 10.7. The molecule has 0 amide bonds. The third kappa shape index (κ3) is 1.83. The van der Waals surface area contributed by atoms with Gasteiger partial charge in [-0.15, -0.1) is 12.6 Å². The van der Waals surface area contributed by atoms with Crippen LogP contribution in [0.4, 0.5) is 0 Å². The predicted octanol–water partition coefficient (Wildman–Crippen LogP) is 1.06. The second kappa shape index (κ2) is 4.05. The van der Waals surface area contributed by atoms with E-state index in [9.17, 15) is 9.59 Å². The van der Waals surface area contributed by atoms with Gasteiger partial charge in [0.25, 0.3) is 0 Å². The molecule has 0 atom stereocenters. The van der Waals surface area contributed by atoms with E-state index in [1.54, 1.807) is 18.2 Å². The van der Waals surface area contributed by atoms with Gasteiger partial charge in [0, 0.05) is 4.90 Å². The lowest BCUT2D eigenvalue weighted by Crippen LogP contribution is -2.20. The molecule has 0 radical (unpaired) electrons. The van der Waals surface area contributed by atoms with Crippen LogP contribution in [0.2, 0.25) is 0 Å². The van der Waals surface area contributed by atoms with Crippen LogP contribution in [0.15, 0.2) is 32.3 Å². The summed E-state index contributed by atoms with van der Waals surface area (Å²) in [5.41, 5.74) is 0.953. The van der Waals surface area contributed by atoms with E-state index in [0.717, 1.165) is 0 Å². The van der Waals surface area contributed by atoms with Crippen molar-refractivity contribution in [1.82, 2.24) is 4.57 Å². The van der Waals surface area contributed by atoms with Crippen LogP contribution in [0.3, 0.4) is 0 Å². The van der Waals surface area contributed by atoms with Crippen LogP contribution in [0, 0.1) is 0 Å². The molecule has 0 fully saturated rings. The molecule has 1 heterocycles. The van der Waals surface area contributed by atoms with Crippen molar-refractivity contribution in [2.75, 3.05) is 7.11 Å². The van der Waals surface area contributed by atoms with Crippen LogP contribution in [0.25, 0.3) is 11.1 Å². The van der Waals surface area contributed by atoms with Gasteiger partial charge >= 0.3 is 11.7 Å². The molecular weight excluding hydrogens is 230 g/mol. The molecule has 0 aliphatic carbocycles. The summed E-state index contributed by atoms with van der Waals surface area (Å²) in [7, 11) is 1.27. The molecule has 2 aromatic rings. The molecule has 1 aromatic heterocycles. The maximum absolute atomic E-state index is 11.5. The Balaban J connectivity index is 2.56. The van der Waals surface area contributed by atoms with Crippen LogP contribution in [-0.4, -0.2) is 17.6 Å². The van der Waals surface area contributed by atoms with E-state index in [1.807, 2.05) is 0 Å². The van der Waals surface area contributed by atoms with Gasteiger partial charge in [0.15, 0.2) is 5.58 Å². The third-order valence-corrected chi connectivity index (χ3v) is 2.44. The van der Waals surface area contributed by atoms with E-state index in [-0.39, 0.29) is 6.54 Å². The number of carbonyl (C=O) groups is 1. The Morgan fingerprint density at radius 1 is 1.56 bits per heavy atom. The number of thiol groups is 1. The average molecular weight is 239 g/mol. The lowest BCUT2D eigenvalue weighted by Gasteiger charge is -1.99. The smallest absolute Gasteiger partial charge is 0.420 e. The number of nitrogens with zero attached hydrogens (tertiary/aromatic N) is 1. The highest BCUT2D eigenvalue weighted by Crippen LogP contribution is 2.17. The fourth-order valence-corrected chi connectivity index (χ4v) is 1.59. The number of aromatic nitrogens is 1. The Bertz CT molecular complexity index is 598. The molecule has 2 rings (SSSR count). The number of hydrogen-bond donors (Lipinski definition) is 1. The van der Waals surface area contributed by atoms with Gasteiger partial charge in [-0.25, -0.2) is 4.79 Å². The summed E-state index contributed by atoms with van der Waals surface area (Å²) in [5, 5.41) is 0. The Morgan fingerprint density at radius 3 is 3.00 bits per heavy atom. The highest BCUT2D eigenvalue weighted by Gasteiger charge is 2.12. The zero-order chi connectivity index (χ0) is 11.7. The summed E-state index contributed by atoms with van der Waals surface area (Å²) in [6, 6.07) is 5.01. The number of carbonyl (C=O) groups excluding carboxylic acids is 1. The topological polar surface area (TPSA) is 61.4 Å². The van der Waals surface area contributed by atoms with Crippen molar-refractivity contribution in [2.24, 2.45) is 0 Å². The number of rotatable bonds is 2. The van der Waals surface area contributed by atoms with E-state index in [0.29, 0.717) is 16.0 Å². The van der Waals surface area contributed by atoms with Crippen LogP contribution < -0.4 is 5.76 Å². The zero-order valence-electron chi connectivity index (χ0n) is 8.47. The van der Waals surface area contributed by atoms with Gasteiger partial charge in [-0.05, 0) is 18.2 Å². The molecule has 0 unspecified atom stereocenters. The molecule has 5 nitrogen and oxygen atoms in total. The summed E-state index contributed by atoms with van der Waals surface area (Å²) in [6.45, 7) is -0.158. The molecule has 0 spiro atoms. The SMILES string of the molecule is COC(=O)Cn1c(=O)oc2cc(S)ccc21. The number of benzene rings is 1. The summed E-state index contributed by atoms with van der Waals surface area (Å²) in [5.74, 6) is -1.08. The highest BCUT2D eigenvalue weighted by molar-refractivity contribution is 7.80. The van der Waals surface area contributed by atoms with Crippen molar-refractivity contribution in [1.29, 1.82) is 0 Å². The van der Waals surface area contributed by atoms with Crippen molar-refractivity contribution in [3.8, 4) is 0 Å². The maximum atomic E-state index is 11.5. The van der Waals surface area contributed by atoms with E-state index in [2.05, 4.69) is 17.4 Å². The third-order valence-electron chi connectivity index (χ3n) is 2.17. The highest BCUT2D eigenvalue weighted by atomic mass is 32.1. The number of oxazole rings is 1. The molecule has 6 heteroatoms. The summed E-state index contributed by atoms with van der Waals surface area (Å²) in [4.78, 5) is 23.3. The van der Waals surface area contributed by atoms with Crippen molar-refractivity contribution in [3.63, 3.8) is 0 Å². The van der Waals surface area contributed by atoms with Crippen molar-refractivity contribution in [3.05, 3.63) is 28.7 Å². The molecule has 0 N–H and O–H groups in total. The molecule has 0 aliphatic rings. The monoisotopic (exact) mass is 239 g/mol. The second-order valence-corrected chi connectivity index (χ2v) is 3.70. The van der Waals surface area contributed by atoms with E-state index >= 15 is 0 Å². The first kappa shape index (κ1) is 10.8. The molecule has 0 saturated heterocycles. The Hall–Kier alpha value is -1.69. The molecule has 84 valence electrons. The standard InChI is InChI=1S/C10H9NO4S/c1-14-9(12)5-11-7-3-2-6(16)4-8(7)15-10(11)13/h2-4,16H,5H2,1H3. The van der Waals surface area contributed by atoms with Crippen molar-refractivity contribution in [2.45, 2.75) is 11.4 Å². The number of fused-ring (bicyclic) bond motifs is 1. The number of methoxy groups -OCH3 is 1. The number of esters is 1. The first-order valence-corrected chi connectivity index (χ1v) is 4.95. The molecular formula is C10H9NO4S. The lowest BCUT2D eigenvalue weighted by atomic mass is 10.3. The van der Waals surface area contributed by atoms with Gasteiger partial charge in [-0.2, -0.15) is 0 Å². The molecule has 0 aliphatic heterocycles. The first-order valence-electron chi connectivity index (χ1n) is 4.51. The van der Waals surface area contributed by atoms with Gasteiger partial charge in [0.2, 0.25) is 0 Å². The predicted molar refractivity (Wildman–Crippen MR) is 59.7 cm³/mol. The quantitative estimate of drug-likeness (QED) is 0.628. The normalized spacial score (nSPS) is 10.6. The van der Waals surface area contributed by atoms with Gasteiger partial charge in [-0.1, -0.05) is 0 Å². The van der Waals surface area contributed by atoms with E-state index in [4.69, 9.17) is 4.42 Å². The summed E-state index contributed by atoms with van der Waals surface area (Å²) in [6.07, 6.45) is 0. The number of hydrogen-bond acceptors (Lipinski definition) is 5. The van der Waals surface area contributed by atoms with Gasteiger partial charge in [0.1, 0.15) is 6.54 Å². The zero-order valence-corrected chi connectivity index (χ0v) is 9.36.